The Balaban J connectivity index is 1.70. The Labute approximate surface area is 164 Å². The lowest BCUT2D eigenvalue weighted by Gasteiger charge is -2.26. The predicted molar refractivity (Wildman–Crippen MR) is 108 cm³/mol. The van der Waals surface area contributed by atoms with E-state index in [1.807, 2.05) is 58.5 Å². The lowest BCUT2D eigenvalue weighted by molar-refractivity contribution is -0.135. The zero-order chi connectivity index (χ0) is 19.8. The van der Waals surface area contributed by atoms with Crippen LogP contribution in [0.4, 0.5) is 0 Å². The third-order valence-corrected chi connectivity index (χ3v) is 5.58. The molecule has 6 heteroatoms. The highest BCUT2D eigenvalue weighted by molar-refractivity contribution is 6.07. The molecule has 1 amide bonds. The van der Waals surface area contributed by atoms with Crippen LogP contribution in [0.2, 0.25) is 0 Å². The molecular formula is C22H26N4O2. The quantitative estimate of drug-likeness (QED) is 0.650. The minimum absolute atomic E-state index is 0.0198. The molecule has 146 valence electrons. The van der Waals surface area contributed by atoms with E-state index in [0.29, 0.717) is 18.5 Å². The predicted octanol–water partition coefficient (Wildman–Crippen LogP) is 3.73. The molecule has 0 saturated carbocycles. The number of fused-ring (bicyclic) bond motifs is 2. The maximum absolute atomic E-state index is 13.5. The molecule has 1 atom stereocenters. The van der Waals surface area contributed by atoms with E-state index in [0.717, 1.165) is 41.8 Å². The van der Waals surface area contributed by atoms with Gasteiger partial charge in [0.2, 0.25) is 5.91 Å². The number of aromatic nitrogens is 3. The summed E-state index contributed by atoms with van der Waals surface area (Å²) in [6, 6.07) is 9.55. The number of ketones is 1. The summed E-state index contributed by atoms with van der Waals surface area (Å²) in [6.07, 6.45) is 3.41. The maximum Gasteiger partial charge on any atom is 0.245 e. The summed E-state index contributed by atoms with van der Waals surface area (Å²) in [5.74, 6) is 0.122. The number of Topliss-reactive ketones (excluding diaryl/α,β-unsaturated/α-hetero) is 1. The first kappa shape index (κ1) is 18.5. The van der Waals surface area contributed by atoms with Crippen LogP contribution in [0.5, 0.6) is 0 Å². The van der Waals surface area contributed by atoms with E-state index >= 15 is 0 Å². The van der Waals surface area contributed by atoms with Crippen molar-refractivity contribution in [3.05, 3.63) is 53.5 Å². The van der Waals surface area contributed by atoms with E-state index in [2.05, 4.69) is 11.2 Å². The molecule has 3 aromatic rings. The summed E-state index contributed by atoms with van der Waals surface area (Å²) in [4.78, 5) is 27.6. The summed E-state index contributed by atoms with van der Waals surface area (Å²) in [5.41, 5.74) is 3.67. The molecule has 6 nitrogen and oxygen atoms in total. The molecule has 1 aliphatic heterocycles. The van der Waals surface area contributed by atoms with E-state index in [1.165, 1.54) is 0 Å². The number of hydrogen-bond acceptors (Lipinski definition) is 3. The van der Waals surface area contributed by atoms with E-state index in [9.17, 15) is 9.59 Å². The number of carbonyl (C=O) groups is 2. The lowest BCUT2D eigenvalue weighted by atomic mass is 10.1. The first-order valence-corrected chi connectivity index (χ1v) is 9.92. The molecule has 2 aromatic heterocycles. The van der Waals surface area contributed by atoms with Gasteiger partial charge in [0.25, 0.3) is 0 Å². The molecule has 1 aromatic carbocycles. The minimum atomic E-state index is -0.325. The van der Waals surface area contributed by atoms with E-state index < -0.39 is 0 Å². The summed E-state index contributed by atoms with van der Waals surface area (Å²) < 4.78 is 4.00. The van der Waals surface area contributed by atoms with Crippen LogP contribution in [-0.4, -0.2) is 37.5 Å². The molecule has 0 radical (unpaired) electrons. The number of aryl methyl sites for hydroxylation is 2. The van der Waals surface area contributed by atoms with Crippen LogP contribution in [0.3, 0.4) is 0 Å². The van der Waals surface area contributed by atoms with Gasteiger partial charge in [0.05, 0.1) is 17.9 Å². The highest BCUT2D eigenvalue weighted by Crippen LogP contribution is 2.28. The second-order valence-electron chi connectivity index (χ2n) is 7.56. The van der Waals surface area contributed by atoms with Crippen molar-refractivity contribution in [2.45, 2.75) is 52.7 Å². The number of rotatable bonds is 4. The Morgan fingerprint density at radius 1 is 1.21 bits per heavy atom. The SMILES string of the molecule is CCC(C(=O)N1CCCn2nc(C)cc2C1)n1cc(C(C)=O)c2ccccc21. The molecule has 1 aliphatic rings. The monoisotopic (exact) mass is 378 g/mol. The van der Waals surface area contributed by atoms with Gasteiger partial charge in [-0.3, -0.25) is 14.3 Å². The molecule has 0 fully saturated rings. The molecule has 0 bridgehead atoms. The van der Waals surface area contributed by atoms with Gasteiger partial charge >= 0.3 is 0 Å². The van der Waals surface area contributed by atoms with Gasteiger partial charge < -0.3 is 9.47 Å². The normalized spacial score (nSPS) is 15.3. The van der Waals surface area contributed by atoms with Crippen LogP contribution in [0, 0.1) is 6.92 Å². The fourth-order valence-corrected chi connectivity index (χ4v) is 4.24. The van der Waals surface area contributed by atoms with Gasteiger partial charge in [-0.05, 0) is 38.8 Å². The Bertz CT molecular complexity index is 1050. The topological polar surface area (TPSA) is 60.1 Å². The van der Waals surface area contributed by atoms with Crippen molar-refractivity contribution < 1.29 is 9.59 Å². The number of nitrogens with zero attached hydrogens (tertiary/aromatic N) is 4. The second-order valence-corrected chi connectivity index (χ2v) is 7.56. The van der Waals surface area contributed by atoms with E-state index in [1.54, 1.807) is 6.92 Å². The summed E-state index contributed by atoms with van der Waals surface area (Å²) >= 11 is 0. The van der Waals surface area contributed by atoms with Gasteiger partial charge in [-0.1, -0.05) is 25.1 Å². The zero-order valence-electron chi connectivity index (χ0n) is 16.7. The number of carbonyl (C=O) groups excluding carboxylic acids is 2. The molecule has 28 heavy (non-hydrogen) atoms. The third-order valence-electron chi connectivity index (χ3n) is 5.58. The highest BCUT2D eigenvalue weighted by Gasteiger charge is 2.28. The van der Waals surface area contributed by atoms with Crippen molar-refractivity contribution in [2.24, 2.45) is 0 Å². The number of para-hydroxylation sites is 1. The van der Waals surface area contributed by atoms with Gasteiger partial charge in [0.1, 0.15) is 6.04 Å². The van der Waals surface area contributed by atoms with Crippen LogP contribution in [0.25, 0.3) is 10.9 Å². The number of hydrogen-bond donors (Lipinski definition) is 0. The van der Waals surface area contributed by atoms with Crippen LogP contribution in [0.15, 0.2) is 36.5 Å². The molecule has 0 aliphatic carbocycles. The van der Waals surface area contributed by atoms with Gasteiger partial charge in [-0.15, -0.1) is 0 Å². The Morgan fingerprint density at radius 2 is 2.00 bits per heavy atom. The van der Waals surface area contributed by atoms with Crippen LogP contribution in [-0.2, 0) is 17.9 Å². The summed E-state index contributed by atoms with van der Waals surface area (Å²) in [6.45, 7) is 7.72. The standard InChI is InChI=1S/C22H26N4O2/c1-4-20(25-14-19(16(3)27)18-8-5-6-9-21(18)25)22(28)24-10-7-11-26-17(13-24)12-15(2)23-26/h5-6,8-9,12,14,20H,4,7,10-11,13H2,1-3H3. The van der Waals surface area contributed by atoms with Crippen molar-refractivity contribution >= 4 is 22.6 Å². The van der Waals surface area contributed by atoms with Gasteiger partial charge in [-0.25, -0.2) is 0 Å². The largest absolute Gasteiger partial charge is 0.335 e. The van der Waals surface area contributed by atoms with Crippen molar-refractivity contribution in [1.82, 2.24) is 19.2 Å². The lowest BCUT2D eigenvalue weighted by Crippen LogP contribution is -2.36. The molecule has 3 heterocycles. The van der Waals surface area contributed by atoms with Crippen LogP contribution < -0.4 is 0 Å². The second kappa shape index (κ2) is 7.26. The molecular weight excluding hydrogens is 352 g/mol. The van der Waals surface area contributed by atoms with E-state index in [4.69, 9.17) is 0 Å². The van der Waals surface area contributed by atoms with Gasteiger partial charge in [0, 0.05) is 35.8 Å². The Kier molecular flexibility index (Phi) is 4.79. The fourth-order valence-electron chi connectivity index (χ4n) is 4.24. The van der Waals surface area contributed by atoms with Crippen LogP contribution >= 0.6 is 0 Å². The average Bonchev–Trinajstić information content (AvgIpc) is 3.16. The van der Waals surface area contributed by atoms with Crippen molar-refractivity contribution in [3.8, 4) is 0 Å². The van der Waals surface area contributed by atoms with Crippen molar-refractivity contribution in [1.29, 1.82) is 0 Å². The summed E-state index contributed by atoms with van der Waals surface area (Å²) in [7, 11) is 0. The van der Waals surface area contributed by atoms with Crippen molar-refractivity contribution in [3.63, 3.8) is 0 Å². The molecule has 0 spiro atoms. The molecule has 0 N–H and O–H groups in total. The molecule has 0 saturated heterocycles. The number of amides is 1. The van der Waals surface area contributed by atoms with E-state index in [-0.39, 0.29) is 17.7 Å². The molecule has 1 unspecified atom stereocenters. The highest BCUT2D eigenvalue weighted by atomic mass is 16.2. The smallest absolute Gasteiger partial charge is 0.245 e. The Hall–Kier alpha value is -2.89. The number of benzene rings is 1. The minimum Gasteiger partial charge on any atom is -0.335 e. The fraction of sp³-hybridized carbons (Fsp3) is 0.409. The van der Waals surface area contributed by atoms with Crippen LogP contribution in [0.1, 0.15) is 54.5 Å². The molecule has 4 rings (SSSR count). The summed E-state index contributed by atoms with van der Waals surface area (Å²) in [5, 5.41) is 5.44. The van der Waals surface area contributed by atoms with Gasteiger partial charge in [0.15, 0.2) is 5.78 Å². The Morgan fingerprint density at radius 3 is 2.75 bits per heavy atom. The van der Waals surface area contributed by atoms with Crippen molar-refractivity contribution in [2.75, 3.05) is 6.54 Å². The first-order chi connectivity index (χ1) is 13.5. The maximum atomic E-state index is 13.5. The van der Waals surface area contributed by atoms with Gasteiger partial charge in [-0.2, -0.15) is 5.10 Å². The zero-order valence-corrected chi connectivity index (χ0v) is 16.7. The third kappa shape index (κ3) is 3.13. The average molecular weight is 378 g/mol. The first-order valence-electron chi connectivity index (χ1n) is 9.92.